The highest BCUT2D eigenvalue weighted by Crippen LogP contribution is 2.29. The van der Waals surface area contributed by atoms with E-state index in [9.17, 15) is 18.0 Å². The molecule has 0 bridgehead atoms. The van der Waals surface area contributed by atoms with Crippen molar-refractivity contribution in [1.82, 2.24) is 10.2 Å². The number of sulfonamides is 1. The fourth-order valence-corrected chi connectivity index (χ4v) is 6.81. The van der Waals surface area contributed by atoms with Crippen LogP contribution in [-0.2, 0) is 32.6 Å². The average molecular weight is 646 g/mol. The number of aryl methyl sites for hydroxylation is 2. The molecular formula is C36H40ClN3O4S. The summed E-state index contributed by atoms with van der Waals surface area (Å²) >= 11 is 6.23. The third kappa shape index (κ3) is 8.96. The lowest BCUT2D eigenvalue weighted by Crippen LogP contribution is -2.53. The maximum Gasteiger partial charge on any atom is 0.264 e. The van der Waals surface area contributed by atoms with Gasteiger partial charge in [0.1, 0.15) is 12.6 Å². The minimum atomic E-state index is -4.18. The van der Waals surface area contributed by atoms with E-state index in [-0.39, 0.29) is 23.8 Å². The van der Waals surface area contributed by atoms with Crippen LogP contribution < -0.4 is 9.62 Å². The number of hydrogen-bond acceptors (Lipinski definition) is 4. The summed E-state index contributed by atoms with van der Waals surface area (Å²) in [6.45, 7) is 5.86. The largest absolute Gasteiger partial charge is 0.354 e. The van der Waals surface area contributed by atoms with Crippen molar-refractivity contribution in [3.8, 4) is 0 Å². The summed E-state index contributed by atoms with van der Waals surface area (Å²) in [5, 5.41) is 3.46. The van der Waals surface area contributed by atoms with Crippen molar-refractivity contribution in [3.63, 3.8) is 0 Å². The molecule has 0 saturated heterocycles. The molecule has 1 atom stereocenters. The number of nitrogens with zero attached hydrogens (tertiary/aromatic N) is 2. The van der Waals surface area contributed by atoms with E-state index in [2.05, 4.69) is 5.32 Å². The summed E-state index contributed by atoms with van der Waals surface area (Å²) < 4.78 is 29.4. The van der Waals surface area contributed by atoms with Gasteiger partial charge in [-0.1, -0.05) is 103 Å². The van der Waals surface area contributed by atoms with Gasteiger partial charge in [-0.2, -0.15) is 0 Å². The van der Waals surface area contributed by atoms with Crippen molar-refractivity contribution >= 4 is 39.1 Å². The fourth-order valence-electron chi connectivity index (χ4n) is 5.08. The smallest absolute Gasteiger partial charge is 0.264 e. The van der Waals surface area contributed by atoms with Crippen molar-refractivity contribution in [1.29, 1.82) is 0 Å². The Kier molecular flexibility index (Phi) is 11.8. The van der Waals surface area contributed by atoms with Crippen molar-refractivity contribution in [2.24, 2.45) is 0 Å². The topological polar surface area (TPSA) is 86.8 Å². The Morgan fingerprint density at radius 1 is 0.844 bits per heavy atom. The molecule has 0 aliphatic rings. The molecule has 4 aromatic rings. The van der Waals surface area contributed by atoms with Gasteiger partial charge < -0.3 is 10.2 Å². The van der Waals surface area contributed by atoms with E-state index < -0.39 is 28.5 Å². The summed E-state index contributed by atoms with van der Waals surface area (Å²) in [6.07, 6.45) is 1.97. The molecule has 1 N–H and O–H groups in total. The molecule has 4 aromatic carbocycles. The molecule has 0 saturated carbocycles. The molecule has 0 aliphatic heterocycles. The molecule has 9 heteroatoms. The summed E-state index contributed by atoms with van der Waals surface area (Å²) in [7, 11) is -4.18. The Balaban J connectivity index is 1.80. The number of carbonyl (C=O) groups is 2. The summed E-state index contributed by atoms with van der Waals surface area (Å²) in [5.74, 6) is -0.788. The number of halogens is 1. The van der Waals surface area contributed by atoms with Gasteiger partial charge in [-0.05, 0) is 67.3 Å². The van der Waals surface area contributed by atoms with Crippen LogP contribution >= 0.6 is 11.6 Å². The van der Waals surface area contributed by atoms with Crippen LogP contribution in [0.3, 0.4) is 0 Å². The van der Waals surface area contributed by atoms with E-state index in [0.717, 1.165) is 33.8 Å². The molecular weight excluding hydrogens is 606 g/mol. The number of amides is 2. The molecule has 0 radical (unpaired) electrons. The molecule has 0 fully saturated rings. The zero-order valence-electron chi connectivity index (χ0n) is 25.9. The summed E-state index contributed by atoms with van der Waals surface area (Å²) in [6, 6.07) is 29.3. The monoisotopic (exact) mass is 645 g/mol. The van der Waals surface area contributed by atoms with Crippen LogP contribution in [0.4, 0.5) is 5.69 Å². The second-order valence-corrected chi connectivity index (χ2v) is 13.4. The van der Waals surface area contributed by atoms with Gasteiger partial charge in [-0.15, -0.1) is 0 Å². The first-order chi connectivity index (χ1) is 21.6. The maximum absolute atomic E-state index is 14.5. The molecule has 0 heterocycles. The number of nitrogens with one attached hydrogen (secondary N) is 1. The first-order valence-corrected chi connectivity index (χ1v) is 16.9. The lowest BCUT2D eigenvalue weighted by atomic mass is 10.0. The quantitative estimate of drug-likeness (QED) is 0.155. The predicted molar refractivity (Wildman–Crippen MR) is 181 cm³/mol. The minimum absolute atomic E-state index is 0.0513. The Hall–Kier alpha value is -4.14. The minimum Gasteiger partial charge on any atom is -0.354 e. The normalized spacial score (nSPS) is 11.9. The van der Waals surface area contributed by atoms with Crippen LogP contribution in [0.1, 0.15) is 42.0 Å². The van der Waals surface area contributed by atoms with Crippen LogP contribution in [0.15, 0.2) is 108 Å². The molecule has 236 valence electrons. The highest BCUT2D eigenvalue weighted by molar-refractivity contribution is 7.92. The second kappa shape index (κ2) is 15.7. The number of hydrogen-bond donors (Lipinski definition) is 1. The van der Waals surface area contributed by atoms with Crippen molar-refractivity contribution in [2.45, 2.75) is 57.5 Å². The molecule has 4 rings (SSSR count). The van der Waals surface area contributed by atoms with Gasteiger partial charge in [-0.3, -0.25) is 13.9 Å². The first-order valence-electron chi connectivity index (χ1n) is 15.1. The van der Waals surface area contributed by atoms with E-state index in [1.54, 1.807) is 43.3 Å². The molecule has 0 spiro atoms. The third-order valence-electron chi connectivity index (χ3n) is 7.61. The van der Waals surface area contributed by atoms with E-state index in [4.69, 9.17) is 11.6 Å². The van der Waals surface area contributed by atoms with E-state index in [1.165, 1.54) is 17.0 Å². The maximum atomic E-state index is 14.5. The van der Waals surface area contributed by atoms with E-state index >= 15 is 0 Å². The van der Waals surface area contributed by atoms with Crippen molar-refractivity contribution < 1.29 is 18.0 Å². The standard InChI is InChI=1S/C36H40ClN3O4S/c1-4-5-22-38-36(42)34(24-29-12-8-6-9-13-29)39(25-30-18-16-27(2)17-19-30)35(41)26-40(33-21-20-31(37)23-28(33)3)45(43,44)32-14-10-7-11-15-32/h6-21,23,34H,4-5,22,24-26H2,1-3H3,(H,38,42). The average Bonchev–Trinajstić information content (AvgIpc) is 3.03. The van der Waals surface area contributed by atoms with Crippen molar-refractivity contribution in [2.75, 3.05) is 17.4 Å². The zero-order valence-corrected chi connectivity index (χ0v) is 27.5. The number of anilines is 1. The fraction of sp³-hybridized carbons (Fsp3) is 0.278. The molecule has 45 heavy (non-hydrogen) atoms. The van der Waals surface area contributed by atoms with Gasteiger partial charge in [0.15, 0.2) is 0 Å². The van der Waals surface area contributed by atoms with E-state index in [0.29, 0.717) is 22.8 Å². The summed E-state index contributed by atoms with van der Waals surface area (Å²) in [5.41, 5.74) is 3.70. The van der Waals surface area contributed by atoms with Crippen LogP contribution in [0, 0.1) is 13.8 Å². The zero-order chi connectivity index (χ0) is 32.4. The summed E-state index contributed by atoms with van der Waals surface area (Å²) in [4.78, 5) is 29.9. The number of unbranched alkanes of at least 4 members (excludes halogenated alkanes) is 1. The first kappa shape index (κ1) is 33.7. The van der Waals surface area contributed by atoms with Crippen molar-refractivity contribution in [3.05, 3.63) is 130 Å². The Morgan fingerprint density at radius 2 is 1.49 bits per heavy atom. The van der Waals surface area contributed by atoms with Gasteiger partial charge in [0.25, 0.3) is 10.0 Å². The van der Waals surface area contributed by atoms with Gasteiger partial charge in [0.05, 0.1) is 10.6 Å². The van der Waals surface area contributed by atoms with Gasteiger partial charge in [-0.25, -0.2) is 8.42 Å². The van der Waals surface area contributed by atoms with Gasteiger partial charge in [0, 0.05) is 24.5 Å². The number of benzene rings is 4. The lowest BCUT2D eigenvalue weighted by molar-refractivity contribution is -0.140. The van der Waals surface area contributed by atoms with Crippen LogP contribution in [0.25, 0.3) is 0 Å². The van der Waals surface area contributed by atoms with E-state index in [1.807, 2.05) is 68.4 Å². The van der Waals surface area contributed by atoms with Gasteiger partial charge in [0.2, 0.25) is 11.8 Å². The lowest BCUT2D eigenvalue weighted by Gasteiger charge is -2.34. The molecule has 7 nitrogen and oxygen atoms in total. The van der Waals surface area contributed by atoms with Crippen LogP contribution in [0.5, 0.6) is 0 Å². The Labute approximate surface area is 271 Å². The SMILES string of the molecule is CCCCNC(=O)C(Cc1ccccc1)N(Cc1ccc(C)cc1)C(=O)CN(c1ccc(Cl)cc1C)S(=O)(=O)c1ccccc1. The number of carbonyl (C=O) groups excluding carboxylic acids is 2. The third-order valence-corrected chi connectivity index (χ3v) is 9.62. The highest BCUT2D eigenvalue weighted by atomic mass is 35.5. The second-order valence-electron chi connectivity index (χ2n) is 11.1. The molecule has 0 aromatic heterocycles. The number of rotatable bonds is 14. The van der Waals surface area contributed by atoms with Gasteiger partial charge >= 0.3 is 0 Å². The molecule has 2 amide bonds. The van der Waals surface area contributed by atoms with Crippen LogP contribution in [-0.4, -0.2) is 44.3 Å². The van der Waals surface area contributed by atoms with Crippen LogP contribution in [0.2, 0.25) is 5.02 Å². The molecule has 1 unspecified atom stereocenters. The predicted octanol–water partition coefficient (Wildman–Crippen LogP) is 6.71. The highest BCUT2D eigenvalue weighted by Gasteiger charge is 2.35. The Bertz CT molecular complexity index is 1680. The molecule has 0 aliphatic carbocycles. The Morgan fingerprint density at radius 3 is 2.11 bits per heavy atom.